The molecule has 0 bridgehead atoms. The van der Waals surface area contributed by atoms with Crippen LogP contribution >= 0.6 is 23.2 Å². The van der Waals surface area contributed by atoms with E-state index in [-0.39, 0.29) is 29.0 Å². The van der Waals surface area contributed by atoms with Crippen LogP contribution in [0.3, 0.4) is 0 Å². The molecule has 5 nitrogen and oxygen atoms in total. The number of ether oxygens (including phenoxy) is 1. The number of hydrogen-bond acceptors (Lipinski definition) is 4. The zero-order chi connectivity index (χ0) is 16.2. The number of nitrogens with two attached hydrogens (primary N) is 1. The van der Waals surface area contributed by atoms with Gasteiger partial charge in [-0.2, -0.15) is 4.31 Å². The van der Waals surface area contributed by atoms with Crippen LogP contribution in [0.4, 0.5) is 0 Å². The van der Waals surface area contributed by atoms with Gasteiger partial charge in [0.25, 0.3) is 0 Å². The second kappa shape index (κ2) is 7.76. The molecule has 0 aliphatic rings. The Labute approximate surface area is 136 Å². The smallest absolute Gasteiger partial charge is 0.244 e. The lowest BCUT2D eigenvalue weighted by Crippen LogP contribution is -2.39. The minimum Gasteiger partial charge on any atom is -0.383 e. The van der Waals surface area contributed by atoms with Gasteiger partial charge in [-0.25, -0.2) is 8.42 Å². The molecule has 1 aromatic rings. The van der Waals surface area contributed by atoms with E-state index in [0.29, 0.717) is 17.2 Å². The molecule has 8 heteroatoms. The lowest BCUT2D eigenvalue weighted by atomic mass is 10.2. The molecule has 120 valence electrons. The molecular weight excluding hydrogens is 335 g/mol. The summed E-state index contributed by atoms with van der Waals surface area (Å²) in [6, 6.07) is 2.68. The lowest BCUT2D eigenvalue weighted by molar-refractivity contribution is 0.171. The fraction of sp³-hybridized carbons (Fsp3) is 0.538. The summed E-state index contributed by atoms with van der Waals surface area (Å²) in [6.07, 6.45) is 0. The molecule has 0 heterocycles. The summed E-state index contributed by atoms with van der Waals surface area (Å²) in [6.45, 7) is 4.20. The molecule has 0 aliphatic heterocycles. The first-order valence-corrected chi connectivity index (χ1v) is 8.64. The van der Waals surface area contributed by atoms with Gasteiger partial charge in [-0.1, -0.05) is 23.2 Å². The Bertz CT molecular complexity index is 591. The first-order valence-electron chi connectivity index (χ1n) is 6.45. The average molecular weight is 355 g/mol. The molecule has 0 saturated heterocycles. The van der Waals surface area contributed by atoms with Gasteiger partial charge in [-0.15, -0.1) is 0 Å². The van der Waals surface area contributed by atoms with E-state index in [2.05, 4.69) is 0 Å². The van der Waals surface area contributed by atoms with Crippen LogP contribution in [0.2, 0.25) is 10.0 Å². The van der Waals surface area contributed by atoms with E-state index in [1.54, 1.807) is 13.8 Å². The van der Waals surface area contributed by atoms with E-state index < -0.39 is 10.0 Å². The van der Waals surface area contributed by atoms with Crippen LogP contribution in [-0.4, -0.2) is 39.0 Å². The molecule has 0 spiro atoms. The molecule has 0 amide bonds. The van der Waals surface area contributed by atoms with Crippen LogP contribution in [-0.2, 0) is 21.3 Å². The van der Waals surface area contributed by atoms with E-state index >= 15 is 0 Å². The summed E-state index contributed by atoms with van der Waals surface area (Å²) in [5.41, 5.74) is 6.01. The van der Waals surface area contributed by atoms with Crippen LogP contribution in [0.5, 0.6) is 0 Å². The summed E-state index contributed by atoms with van der Waals surface area (Å²) in [5, 5.41) is 0.433. The number of nitrogens with zero attached hydrogens (tertiary/aromatic N) is 1. The van der Waals surface area contributed by atoms with Crippen LogP contribution in [0.15, 0.2) is 17.0 Å². The zero-order valence-corrected chi connectivity index (χ0v) is 14.6. The van der Waals surface area contributed by atoms with Crippen molar-refractivity contribution < 1.29 is 13.2 Å². The second-order valence-electron chi connectivity index (χ2n) is 4.74. The summed E-state index contributed by atoms with van der Waals surface area (Å²) < 4.78 is 31.9. The molecule has 0 radical (unpaired) electrons. The van der Waals surface area contributed by atoms with E-state index in [1.807, 2.05) is 0 Å². The Morgan fingerprint density at radius 3 is 2.43 bits per heavy atom. The quantitative estimate of drug-likeness (QED) is 0.816. The molecule has 0 aliphatic carbocycles. The number of methoxy groups -OCH3 is 1. The summed E-state index contributed by atoms with van der Waals surface area (Å²) in [4.78, 5) is 0.0128. The molecule has 0 unspecified atom stereocenters. The minimum atomic E-state index is -3.75. The highest BCUT2D eigenvalue weighted by Crippen LogP contribution is 2.32. The normalized spacial score (nSPS) is 12.4. The molecule has 0 atom stereocenters. The maximum Gasteiger partial charge on any atom is 0.244 e. The molecule has 1 aromatic carbocycles. The van der Waals surface area contributed by atoms with E-state index in [4.69, 9.17) is 33.7 Å². The largest absolute Gasteiger partial charge is 0.383 e. The Morgan fingerprint density at radius 2 is 1.95 bits per heavy atom. The average Bonchev–Trinajstić information content (AvgIpc) is 2.38. The number of rotatable bonds is 7. The van der Waals surface area contributed by atoms with E-state index in [9.17, 15) is 8.42 Å². The predicted octanol–water partition coefficient (Wildman–Crippen LogP) is 2.50. The minimum absolute atomic E-state index is 0.0128. The van der Waals surface area contributed by atoms with Crippen molar-refractivity contribution in [1.29, 1.82) is 0 Å². The van der Waals surface area contributed by atoms with E-state index in [1.165, 1.54) is 23.5 Å². The van der Waals surface area contributed by atoms with Crippen molar-refractivity contribution in [2.75, 3.05) is 20.3 Å². The summed E-state index contributed by atoms with van der Waals surface area (Å²) >= 11 is 12.2. The Balaban J connectivity index is 3.35. The standard InChI is InChI=1S/C13H20Cl2N2O3S/c1-9(2)17(6-7-20-3)21(18,19)12-5-4-11(14)10(8-16)13(12)15/h4-5,9H,6-8,16H2,1-3H3. The third kappa shape index (κ3) is 4.09. The fourth-order valence-corrected chi connectivity index (χ4v) is 4.46. The SMILES string of the molecule is COCCN(C(C)C)S(=O)(=O)c1ccc(Cl)c(CN)c1Cl. The number of halogens is 2. The topological polar surface area (TPSA) is 72.6 Å². The van der Waals surface area contributed by atoms with Gasteiger partial charge in [-0.3, -0.25) is 0 Å². The highest BCUT2D eigenvalue weighted by Gasteiger charge is 2.30. The molecule has 21 heavy (non-hydrogen) atoms. The third-order valence-corrected chi connectivity index (χ3v) is 6.05. The van der Waals surface area contributed by atoms with Crippen molar-refractivity contribution in [2.24, 2.45) is 5.73 Å². The number of benzene rings is 1. The number of sulfonamides is 1. The third-order valence-electron chi connectivity index (χ3n) is 3.03. The van der Waals surface area contributed by atoms with Gasteiger partial charge in [0.2, 0.25) is 10.0 Å². The molecular formula is C13H20Cl2N2O3S. The summed E-state index contributed by atoms with van der Waals surface area (Å²) in [7, 11) is -2.22. The van der Waals surface area contributed by atoms with Gasteiger partial charge >= 0.3 is 0 Å². The molecule has 1 rings (SSSR count). The lowest BCUT2D eigenvalue weighted by Gasteiger charge is -2.26. The van der Waals surface area contributed by atoms with Crippen molar-refractivity contribution >= 4 is 33.2 Å². The highest BCUT2D eigenvalue weighted by atomic mass is 35.5. The van der Waals surface area contributed by atoms with Crippen LogP contribution < -0.4 is 5.73 Å². The highest BCUT2D eigenvalue weighted by molar-refractivity contribution is 7.89. The van der Waals surface area contributed by atoms with Crippen molar-refractivity contribution in [2.45, 2.75) is 31.3 Å². The van der Waals surface area contributed by atoms with Crippen molar-refractivity contribution in [3.63, 3.8) is 0 Å². The molecule has 0 fully saturated rings. The monoisotopic (exact) mass is 354 g/mol. The zero-order valence-electron chi connectivity index (χ0n) is 12.3. The van der Waals surface area contributed by atoms with Gasteiger partial charge in [0, 0.05) is 36.8 Å². The Morgan fingerprint density at radius 1 is 1.33 bits per heavy atom. The maximum atomic E-state index is 12.8. The van der Waals surface area contributed by atoms with Crippen molar-refractivity contribution in [3.8, 4) is 0 Å². The molecule has 2 N–H and O–H groups in total. The Kier molecular flexibility index (Phi) is 6.90. The number of hydrogen-bond donors (Lipinski definition) is 1. The predicted molar refractivity (Wildman–Crippen MR) is 85.3 cm³/mol. The van der Waals surface area contributed by atoms with Crippen LogP contribution in [0.1, 0.15) is 19.4 Å². The molecule has 0 saturated carbocycles. The van der Waals surface area contributed by atoms with Crippen LogP contribution in [0.25, 0.3) is 0 Å². The van der Waals surface area contributed by atoms with Crippen molar-refractivity contribution in [3.05, 3.63) is 27.7 Å². The summed E-state index contributed by atoms with van der Waals surface area (Å²) in [5.74, 6) is 0. The van der Waals surface area contributed by atoms with Gasteiger partial charge in [0.15, 0.2) is 0 Å². The molecule has 0 aromatic heterocycles. The fourth-order valence-electron chi connectivity index (χ4n) is 1.93. The second-order valence-corrected chi connectivity index (χ2v) is 7.39. The maximum absolute atomic E-state index is 12.8. The van der Waals surface area contributed by atoms with Crippen molar-refractivity contribution in [1.82, 2.24) is 4.31 Å². The van der Waals surface area contributed by atoms with Gasteiger partial charge < -0.3 is 10.5 Å². The van der Waals surface area contributed by atoms with Crippen LogP contribution in [0, 0.1) is 0 Å². The first kappa shape index (κ1) is 18.7. The first-order chi connectivity index (χ1) is 9.77. The van der Waals surface area contributed by atoms with Gasteiger partial charge in [0.1, 0.15) is 4.90 Å². The van der Waals surface area contributed by atoms with Gasteiger partial charge in [0.05, 0.1) is 11.6 Å². The Hall–Kier alpha value is -0.370. The van der Waals surface area contributed by atoms with Gasteiger partial charge in [-0.05, 0) is 26.0 Å². The van der Waals surface area contributed by atoms with E-state index in [0.717, 1.165) is 0 Å².